The lowest BCUT2D eigenvalue weighted by molar-refractivity contribution is -0.384. The van der Waals surface area contributed by atoms with E-state index in [0.717, 1.165) is 31.1 Å². The molecule has 2 saturated heterocycles. The summed E-state index contributed by atoms with van der Waals surface area (Å²) < 4.78 is 0. The fourth-order valence-electron chi connectivity index (χ4n) is 3.48. The minimum atomic E-state index is -0.344. The van der Waals surface area contributed by atoms with Gasteiger partial charge in [0.2, 0.25) is 0 Å². The molecule has 0 radical (unpaired) electrons. The first kappa shape index (κ1) is 13.5. The monoisotopic (exact) mass is 275 g/mol. The number of nitrogens with zero attached hydrogens (tertiary/aromatic N) is 2. The molecule has 1 aromatic rings. The maximum atomic E-state index is 10.7. The number of rotatable bonds is 3. The lowest BCUT2D eigenvalue weighted by atomic mass is 9.94. The molecule has 108 valence electrons. The van der Waals surface area contributed by atoms with Crippen LogP contribution in [0, 0.1) is 16.0 Å². The molecular weight excluding hydrogens is 254 g/mol. The Morgan fingerprint density at radius 2 is 2.10 bits per heavy atom. The smallest absolute Gasteiger partial charge is 0.269 e. The second-order valence-corrected chi connectivity index (χ2v) is 5.94. The maximum Gasteiger partial charge on any atom is 0.269 e. The second kappa shape index (κ2) is 5.50. The van der Waals surface area contributed by atoms with E-state index in [2.05, 4.69) is 17.1 Å². The van der Waals surface area contributed by atoms with Gasteiger partial charge in [0, 0.05) is 37.3 Å². The summed E-state index contributed by atoms with van der Waals surface area (Å²) in [6, 6.07) is 7.93. The Hall–Kier alpha value is -1.46. The number of nitro benzene ring substituents is 1. The lowest BCUT2D eigenvalue weighted by Gasteiger charge is -2.25. The van der Waals surface area contributed by atoms with Gasteiger partial charge in [-0.15, -0.1) is 0 Å². The highest BCUT2D eigenvalue weighted by atomic mass is 16.6. The Balaban J connectivity index is 1.69. The standard InChI is InChI=1S/C15H21N3O2/c1-11(12-4-6-14(7-5-12)18(19)20)17-9-13-3-2-8-16-15(13)10-17/h4-7,11,13,15-16H,2-3,8-10H2,1H3/t11?,13-,15+/m0/s1. The normalized spacial score (nSPS) is 28.1. The van der Waals surface area contributed by atoms with Crippen LogP contribution >= 0.6 is 0 Å². The third-order valence-corrected chi connectivity index (χ3v) is 4.76. The highest BCUT2D eigenvalue weighted by Crippen LogP contribution is 2.31. The highest BCUT2D eigenvalue weighted by Gasteiger charge is 2.36. The van der Waals surface area contributed by atoms with E-state index >= 15 is 0 Å². The van der Waals surface area contributed by atoms with Crippen molar-refractivity contribution < 1.29 is 4.92 Å². The van der Waals surface area contributed by atoms with Gasteiger partial charge in [0.25, 0.3) is 5.69 Å². The molecule has 0 spiro atoms. The van der Waals surface area contributed by atoms with Gasteiger partial charge >= 0.3 is 0 Å². The first-order valence-electron chi connectivity index (χ1n) is 7.37. The topological polar surface area (TPSA) is 58.4 Å². The number of fused-ring (bicyclic) bond motifs is 1. The summed E-state index contributed by atoms with van der Waals surface area (Å²) in [4.78, 5) is 12.8. The first-order valence-corrected chi connectivity index (χ1v) is 7.37. The summed E-state index contributed by atoms with van der Waals surface area (Å²) in [6.07, 6.45) is 2.60. The van der Waals surface area contributed by atoms with Crippen LogP contribution in [0.2, 0.25) is 0 Å². The predicted molar refractivity (Wildman–Crippen MR) is 77.6 cm³/mol. The zero-order valence-corrected chi connectivity index (χ0v) is 11.8. The van der Waals surface area contributed by atoms with Gasteiger partial charge in [-0.05, 0) is 37.8 Å². The highest BCUT2D eigenvalue weighted by molar-refractivity contribution is 5.34. The van der Waals surface area contributed by atoms with Gasteiger partial charge in [-0.25, -0.2) is 0 Å². The molecule has 5 nitrogen and oxygen atoms in total. The number of non-ortho nitro benzene ring substituents is 1. The molecule has 0 saturated carbocycles. The van der Waals surface area contributed by atoms with E-state index < -0.39 is 0 Å². The zero-order chi connectivity index (χ0) is 14.1. The number of nitro groups is 1. The fraction of sp³-hybridized carbons (Fsp3) is 0.600. The molecule has 2 heterocycles. The Kier molecular flexibility index (Phi) is 3.72. The summed E-state index contributed by atoms with van der Waals surface area (Å²) in [5.41, 5.74) is 1.33. The van der Waals surface area contributed by atoms with Gasteiger partial charge in [0.15, 0.2) is 0 Å². The van der Waals surface area contributed by atoms with Crippen molar-refractivity contribution in [2.45, 2.75) is 31.8 Å². The predicted octanol–water partition coefficient (Wildman–Crippen LogP) is 2.34. The van der Waals surface area contributed by atoms with E-state index in [-0.39, 0.29) is 10.6 Å². The van der Waals surface area contributed by atoms with E-state index in [1.807, 2.05) is 12.1 Å². The van der Waals surface area contributed by atoms with Crippen molar-refractivity contribution in [2.75, 3.05) is 19.6 Å². The van der Waals surface area contributed by atoms with E-state index in [1.54, 1.807) is 12.1 Å². The molecule has 1 aromatic carbocycles. The number of nitrogens with one attached hydrogen (secondary N) is 1. The number of hydrogen-bond acceptors (Lipinski definition) is 4. The van der Waals surface area contributed by atoms with Crippen LogP contribution in [0.15, 0.2) is 24.3 Å². The molecule has 3 rings (SSSR count). The van der Waals surface area contributed by atoms with E-state index in [9.17, 15) is 10.1 Å². The van der Waals surface area contributed by atoms with Crippen molar-refractivity contribution in [1.82, 2.24) is 10.2 Å². The number of piperidine rings is 1. The summed E-state index contributed by atoms with van der Waals surface area (Å²) >= 11 is 0. The molecule has 0 aliphatic carbocycles. The van der Waals surface area contributed by atoms with Crippen LogP contribution < -0.4 is 5.32 Å². The first-order chi connectivity index (χ1) is 9.65. The molecule has 2 aliphatic rings. The van der Waals surface area contributed by atoms with Crippen LogP contribution in [0.1, 0.15) is 31.4 Å². The number of likely N-dealkylation sites (tertiary alicyclic amines) is 1. The molecule has 2 fully saturated rings. The Morgan fingerprint density at radius 3 is 2.75 bits per heavy atom. The average Bonchev–Trinajstić information content (AvgIpc) is 2.90. The number of hydrogen-bond donors (Lipinski definition) is 1. The summed E-state index contributed by atoms with van der Waals surface area (Å²) in [5.74, 6) is 0.768. The SMILES string of the molecule is CC(c1ccc([N+](=O)[O-])cc1)N1C[C@@H]2CCCN[C@@H]2C1. The third kappa shape index (κ3) is 2.55. The van der Waals surface area contributed by atoms with Crippen molar-refractivity contribution in [1.29, 1.82) is 0 Å². The van der Waals surface area contributed by atoms with Crippen LogP contribution in [0.3, 0.4) is 0 Å². The van der Waals surface area contributed by atoms with Crippen molar-refractivity contribution in [3.8, 4) is 0 Å². The molecule has 0 bridgehead atoms. The quantitative estimate of drug-likeness (QED) is 0.679. The molecule has 1 N–H and O–H groups in total. The summed E-state index contributed by atoms with van der Waals surface area (Å²) in [5, 5.41) is 14.3. The molecule has 3 atom stereocenters. The summed E-state index contributed by atoms with van der Waals surface area (Å²) in [7, 11) is 0. The van der Waals surface area contributed by atoms with E-state index in [1.165, 1.54) is 12.8 Å². The second-order valence-electron chi connectivity index (χ2n) is 5.94. The van der Waals surface area contributed by atoms with Gasteiger partial charge in [0.1, 0.15) is 0 Å². The average molecular weight is 275 g/mol. The van der Waals surface area contributed by atoms with Crippen molar-refractivity contribution >= 4 is 5.69 Å². The minimum absolute atomic E-state index is 0.165. The third-order valence-electron chi connectivity index (χ3n) is 4.76. The van der Waals surface area contributed by atoms with Gasteiger partial charge in [0.05, 0.1) is 4.92 Å². The molecular formula is C15H21N3O2. The van der Waals surface area contributed by atoms with Crippen LogP contribution in [0.25, 0.3) is 0 Å². The van der Waals surface area contributed by atoms with Crippen LogP contribution in [0.5, 0.6) is 0 Å². The van der Waals surface area contributed by atoms with E-state index in [4.69, 9.17) is 0 Å². The molecule has 2 aliphatic heterocycles. The zero-order valence-electron chi connectivity index (χ0n) is 11.8. The van der Waals surface area contributed by atoms with E-state index in [0.29, 0.717) is 12.1 Å². The molecule has 5 heteroatoms. The Morgan fingerprint density at radius 1 is 1.35 bits per heavy atom. The Labute approximate surface area is 119 Å². The molecule has 0 amide bonds. The summed E-state index contributed by atoms with van der Waals surface area (Å²) in [6.45, 7) is 5.55. The van der Waals surface area contributed by atoms with Gasteiger partial charge in [-0.2, -0.15) is 0 Å². The van der Waals surface area contributed by atoms with Gasteiger partial charge < -0.3 is 5.32 Å². The van der Waals surface area contributed by atoms with Gasteiger partial charge in [-0.3, -0.25) is 15.0 Å². The molecule has 1 unspecified atom stereocenters. The largest absolute Gasteiger partial charge is 0.312 e. The maximum absolute atomic E-state index is 10.7. The van der Waals surface area contributed by atoms with Crippen LogP contribution in [0.4, 0.5) is 5.69 Å². The van der Waals surface area contributed by atoms with Crippen LogP contribution in [-0.2, 0) is 0 Å². The van der Waals surface area contributed by atoms with Crippen molar-refractivity contribution in [3.05, 3.63) is 39.9 Å². The van der Waals surface area contributed by atoms with Crippen LogP contribution in [-0.4, -0.2) is 35.5 Å². The van der Waals surface area contributed by atoms with Crippen molar-refractivity contribution in [2.24, 2.45) is 5.92 Å². The molecule has 0 aromatic heterocycles. The number of benzene rings is 1. The fourth-order valence-corrected chi connectivity index (χ4v) is 3.48. The Bertz CT molecular complexity index is 474. The van der Waals surface area contributed by atoms with Crippen molar-refractivity contribution in [3.63, 3.8) is 0 Å². The van der Waals surface area contributed by atoms with Gasteiger partial charge in [-0.1, -0.05) is 12.1 Å². The minimum Gasteiger partial charge on any atom is -0.312 e. The lowest BCUT2D eigenvalue weighted by Crippen LogP contribution is -2.40. The molecule has 20 heavy (non-hydrogen) atoms.